The Kier molecular flexibility index (Phi) is 2.40. The van der Waals surface area contributed by atoms with Crippen LogP contribution < -0.4 is 0 Å². The fourth-order valence-corrected chi connectivity index (χ4v) is 3.74. The third-order valence-corrected chi connectivity index (χ3v) is 4.78. The highest BCUT2D eigenvalue weighted by Crippen LogP contribution is 2.36. The number of hydrogen-bond donors (Lipinski definition) is 0. The van der Waals surface area contributed by atoms with E-state index in [9.17, 15) is 0 Å². The van der Waals surface area contributed by atoms with Crippen molar-refractivity contribution >= 4 is 28.3 Å². The fourth-order valence-electron chi connectivity index (χ4n) is 2.97. The maximum atomic E-state index is 4.65. The molecule has 4 rings (SSSR count). The second-order valence-electron chi connectivity index (χ2n) is 4.52. The first-order chi connectivity index (χ1) is 6.84. The van der Waals surface area contributed by atoms with Crippen LogP contribution in [0.4, 0.5) is 0 Å². The Balaban J connectivity index is 1.83. The van der Waals surface area contributed by atoms with Gasteiger partial charge in [0.15, 0.2) is 0 Å². The molecule has 0 spiro atoms. The summed E-state index contributed by atoms with van der Waals surface area (Å²) in [4.78, 5) is 7.26. The summed E-state index contributed by atoms with van der Waals surface area (Å²) in [6, 6.07) is 0. The predicted molar refractivity (Wildman–Crippen MR) is 67.1 cm³/mol. The van der Waals surface area contributed by atoms with Crippen molar-refractivity contribution in [2.45, 2.75) is 12.8 Å². The second kappa shape index (κ2) is 3.59. The Bertz CT molecular complexity index is 300. The summed E-state index contributed by atoms with van der Waals surface area (Å²) in [5, 5.41) is 0. The molecule has 0 aliphatic carbocycles. The highest BCUT2D eigenvalue weighted by molar-refractivity contribution is 14.1. The van der Waals surface area contributed by atoms with Crippen molar-refractivity contribution in [1.29, 1.82) is 0 Å². The number of rotatable bonds is 1. The molecule has 14 heavy (non-hydrogen) atoms. The van der Waals surface area contributed by atoms with Crippen LogP contribution in [0.15, 0.2) is 14.6 Å². The zero-order valence-electron chi connectivity index (χ0n) is 8.25. The molecule has 0 N–H and O–H groups in total. The summed E-state index contributed by atoms with van der Waals surface area (Å²) >= 11 is 2.45. The van der Waals surface area contributed by atoms with Gasteiger partial charge >= 0.3 is 0 Å². The second-order valence-corrected chi connectivity index (χ2v) is 5.68. The van der Waals surface area contributed by atoms with Crippen LogP contribution in [0.1, 0.15) is 12.8 Å². The Morgan fingerprint density at radius 3 is 2.64 bits per heavy atom. The SMILES string of the molecule is IC1=CCN=C1C1CN2CCC1CC2. The van der Waals surface area contributed by atoms with Crippen LogP contribution in [0.3, 0.4) is 0 Å². The lowest BCUT2D eigenvalue weighted by atomic mass is 9.76. The lowest BCUT2D eigenvalue weighted by molar-refractivity contribution is 0.0824. The summed E-state index contributed by atoms with van der Waals surface area (Å²) in [6.45, 7) is 4.85. The van der Waals surface area contributed by atoms with Crippen molar-refractivity contribution in [2.24, 2.45) is 16.8 Å². The largest absolute Gasteiger partial charge is 0.303 e. The molecule has 0 aromatic heterocycles. The van der Waals surface area contributed by atoms with Crippen LogP contribution in [0.2, 0.25) is 0 Å². The summed E-state index contributed by atoms with van der Waals surface area (Å²) in [5.74, 6) is 1.68. The molecule has 0 amide bonds. The summed E-state index contributed by atoms with van der Waals surface area (Å²) in [5.41, 5.74) is 1.42. The highest BCUT2D eigenvalue weighted by Gasteiger charge is 2.37. The van der Waals surface area contributed by atoms with Crippen molar-refractivity contribution in [2.75, 3.05) is 26.2 Å². The lowest BCUT2D eigenvalue weighted by Crippen LogP contribution is -2.49. The van der Waals surface area contributed by atoms with Gasteiger partial charge in [-0.3, -0.25) is 4.99 Å². The van der Waals surface area contributed by atoms with Crippen LogP contribution in [-0.2, 0) is 0 Å². The maximum absolute atomic E-state index is 4.65. The van der Waals surface area contributed by atoms with Crippen LogP contribution in [0.25, 0.3) is 0 Å². The van der Waals surface area contributed by atoms with Gasteiger partial charge in [0.2, 0.25) is 0 Å². The average molecular weight is 302 g/mol. The normalized spacial score (nSPS) is 41.1. The first-order valence-corrected chi connectivity index (χ1v) is 6.55. The molecule has 2 nitrogen and oxygen atoms in total. The number of allylic oxidation sites excluding steroid dienone is 1. The number of aliphatic imine (C=N–C) groups is 1. The number of halogens is 1. The molecule has 3 fully saturated rings. The van der Waals surface area contributed by atoms with Crippen LogP contribution in [0, 0.1) is 11.8 Å². The van der Waals surface area contributed by atoms with E-state index in [0.717, 1.165) is 18.4 Å². The number of piperidine rings is 3. The average Bonchev–Trinajstić information content (AvgIpc) is 2.66. The molecule has 4 aliphatic rings. The predicted octanol–water partition coefficient (Wildman–Crippen LogP) is 2.10. The van der Waals surface area contributed by atoms with Gasteiger partial charge in [-0.05, 0) is 60.5 Å². The Hall–Kier alpha value is 0.1000. The number of nitrogens with zero attached hydrogens (tertiary/aromatic N) is 2. The van der Waals surface area contributed by atoms with E-state index in [1.54, 1.807) is 0 Å². The van der Waals surface area contributed by atoms with E-state index >= 15 is 0 Å². The first-order valence-electron chi connectivity index (χ1n) is 5.47. The fraction of sp³-hybridized carbons (Fsp3) is 0.727. The van der Waals surface area contributed by atoms with E-state index in [4.69, 9.17) is 0 Å². The minimum Gasteiger partial charge on any atom is -0.303 e. The van der Waals surface area contributed by atoms with Crippen LogP contribution in [-0.4, -0.2) is 36.8 Å². The standard InChI is InChI=1S/C11H15IN2/c12-10-1-4-13-11(10)9-7-14-5-2-8(9)3-6-14/h1,8-9H,2-7H2. The Labute approximate surface area is 98.6 Å². The third kappa shape index (κ3) is 1.45. The third-order valence-electron chi connectivity index (χ3n) is 3.78. The molecule has 2 bridgehead atoms. The van der Waals surface area contributed by atoms with Gasteiger partial charge in [-0.1, -0.05) is 0 Å². The van der Waals surface area contributed by atoms with Gasteiger partial charge in [-0.15, -0.1) is 0 Å². The van der Waals surface area contributed by atoms with Crippen molar-refractivity contribution in [3.05, 3.63) is 9.66 Å². The molecular formula is C11H15IN2. The number of hydrogen-bond acceptors (Lipinski definition) is 2. The van der Waals surface area contributed by atoms with Gasteiger partial charge in [0, 0.05) is 16.0 Å². The van der Waals surface area contributed by atoms with E-state index in [1.165, 1.54) is 41.8 Å². The smallest absolute Gasteiger partial charge is 0.0587 e. The molecule has 4 aliphatic heterocycles. The van der Waals surface area contributed by atoms with E-state index < -0.39 is 0 Å². The van der Waals surface area contributed by atoms with Crippen molar-refractivity contribution in [3.63, 3.8) is 0 Å². The van der Waals surface area contributed by atoms with Gasteiger partial charge in [0.05, 0.1) is 12.3 Å². The molecule has 3 saturated heterocycles. The van der Waals surface area contributed by atoms with Crippen molar-refractivity contribution in [3.8, 4) is 0 Å². The van der Waals surface area contributed by atoms with E-state index in [-0.39, 0.29) is 0 Å². The summed E-state index contributed by atoms with van der Waals surface area (Å²) in [7, 11) is 0. The van der Waals surface area contributed by atoms with E-state index in [2.05, 4.69) is 38.6 Å². The van der Waals surface area contributed by atoms with Gasteiger partial charge in [0.25, 0.3) is 0 Å². The van der Waals surface area contributed by atoms with Gasteiger partial charge in [-0.2, -0.15) is 0 Å². The van der Waals surface area contributed by atoms with Crippen LogP contribution in [0.5, 0.6) is 0 Å². The Morgan fingerprint density at radius 1 is 1.36 bits per heavy atom. The zero-order chi connectivity index (χ0) is 9.54. The van der Waals surface area contributed by atoms with Crippen molar-refractivity contribution < 1.29 is 0 Å². The van der Waals surface area contributed by atoms with E-state index in [1.807, 2.05) is 0 Å². The molecule has 0 saturated carbocycles. The van der Waals surface area contributed by atoms with E-state index in [0.29, 0.717) is 0 Å². The molecule has 0 aromatic rings. The lowest BCUT2D eigenvalue weighted by Gasteiger charge is -2.44. The summed E-state index contributed by atoms with van der Waals surface area (Å²) in [6.07, 6.45) is 5.05. The molecule has 4 heterocycles. The molecule has 3 heteroatoms. The summed E-state index contributed by atoms with van der Waals surface area (Å²) < 4.78 is 1.42. The number of fused-ring (bicyclic) bond motifs is 3. The monoisotopic (exact) mass is 302 g/mol. The van der Waals surface area contributed by atoms with Crippen molar-refractivity contribution in [1.82, 2.24) is 4.90 Å². The first kappa shape index (κ1) is 9.33. The maximum Gasteiger partial charge on any atom is 0.0587 e. The minimum absolute atomic E-state index is 0.753. The molecule has 0 radical (unpaired) electrons. The van der Waals surface area contributed by atoms with Gasteiger partial charge in [-0.25, -0.2) is 0 Å². The van der Waals surface area contributed by atoms with Gasteiger partial charge in [0.1, 0.15) is 0 Å². The molecule has 1 unspecified atom stereocenters. The zero-order valence-corrected chi connectivity index (χ0v) is 10.4. The van der Waals surface area contributed by atoms with Gasteiger partial charge < -0.3 is 4.90 Å². The molecule has 0 aromatic carbocycles. The minimum atomic E-state index is 0.753. The molecule has 1 atom stereocenters. The quantitative estimate of drug-likeness (QED) is 0.677. The highest BCUT2D eigenvalue weighted by atomic mass is 127. The topological polar surface area (TPSA) is 15.6 Å². The Morgan fingerprint density at radius 2 is 2.14 bits per heavy atom. The molecule has 76 valence electrons. The van der Waals surface area contributed by atoms with Crippen LogP contribution >= 0.6 is 22.6 Å². The molecular weight excluding hydrogens is 287 g/mol.